The zero-order valence-electron chi connectivity index (χ0n) is 17.4. The van der Waals surface area contributed by atoms with Crippen LogP contribution in [0, 0.1) is 0 Å². The van der Waals surface area contributed by atoms with E-state index in [1.54, 1.807) is 31.3 Å². The number of rotatable bonds is 7. The number of amides is 1. The largest absolute Gasteiger partial charge is 0.493 e. The molecule has 0 aliphatic carbocycles. The summed E-state index contributed by atoms with van der Waals surface area (Å²) in [5.41, 5.74) is 1.05. The van der Waals surface area contributed by atoms with Crippen LogP contribution in [0.5, 0.6) is 17.4 Å². The van der Waals surface area contributed by atoms with Gasteiger partial charge in [-0.1, -0.05) is 18.2 Å². The molecule has 0 atom stereocenters. The Morgan fingerprint density at radius 3 is 2.45 bits per heavy atom. The number of azo groups is 1. The summed E-state index contributed by atoms with van der Waals surface area (Å²) in [6.07, 6.45) is 0.977. The van der Waals surface area contributed by atoms with Crippen LogP contribution in [-0.4, -0.2) is 51.0 Å². The van der Waals surface area contributed by atoms with Gasteiger partial charge in [-0.25, -0.2) is 8.42 Å². The molecular formula is C20H22N4O6S. The molecule has 0 fully saturated rings. The second kappa shape index (κ2) is 8.64. The molecule has 10 nitrogen and oxygen atoms in total. The predicted molar refractivity (Wildman–Crippen MR) is 116 cm³/mol. The topological polar surface area (TPSA) is 123 Å². The summed E-state index contributed by atoms with van der Waals surface area (Å²) in [5, 5.41) is 18.4. The van der Waals surface area contributed by atoms with Crippen LogP contribution in [-0.2, 0) is 21.9 Å². The van der Waals surface area contributed by atoms with Crippen LogP contribution in [0.1, 0.15) is 0 Å². The summed E-state index contributed by atoms with van der Waals surface area (Å²) >= 11 is 0. The highest BCUT2D eigenvalue weighted by atomic mass is 32.2. The molecular weight excluding hydrogens is 424 g/mol. The number of carbonyl (C=O) groups is 1. The number of hydrogen-bond donors (Lipinski definition) is 1. The number of ether oxygens (including phenoxy) is 2. The molecule has 0 aliphatic heterocycles. The van der Waals surface area contributed by atoms with Crippen molar-refractivity contribution >= 4 is 38.2 Å². The molecule has 1 amide bonds. The molecule has 2 aromatic carbocycles. The number of fused-ring (bicyclic) bond motifs is 1. The van der Waals surface area contributed by atoms with Crippen LogP contribution in [0.3, 0.4) is 0 Å². The van der Waals surface area contributed by atoms with Gasteiger partial charge in [0.1, 0.15) is 6.54 Å². The first-order valence-electron chi connectivity index (χ1n) is 9.08. The summed E-state index contributed by atoms with van der Waals surface area (Å²) in [7, 11) is 0.711. The second-order valence-electron chi connectivity index (χ2n) is 6.65. The molecule has 0 spiro atoms. The first-order chi connectivity index (χ1) is 14.7. The molecule has 0 saturated carbocycles. The molecule has 1 aromatic heterocycles. The average molecular weight is 446 g/mol. The number of sulfonamides is 1. The molecule has 3 rings (SSSR count). The maximum Gasteiger partial charge on any atom is 0.285 e. The maximum atomic E-state index is 12.5. The molecule has 0 aliphatic rings. The van der Waals surface area contributed by atoms with Gasteiger partial charge in [0.25, 0.3) is 5.91 Å². The quantitative estimate of drug-likeness (QED) is 0.557. The van der Waals surface area contributed by atoms with Crippen molar-refractivity contribution in [3.05, 3.63) is 42.5 Å². The van der Waals surface area contributed by atoms with Gasteiger partial charge < -0.3 is 19.1 Å². The number of aromatic nitrogens is 1. The van der Waals surface area contributed by atoms with E-state index in [2.05, 4.69) is 10.2 Å². The SMILES string of the molecule is COc1ccc(N(CC(=O)N=Nc2c(O)n(C)c3ccccc23)S(C)(=O)=O)cc1OC. The molecule has 3 aromatic rings. The van der Waals surface area contributed by atoms with Gasteiger partial charge in [-0.2, -0.15) is 0 Å². The van der Waals surface area contributed by atoms with E-state index >= 15 is 0 Å². The van der Waals surface area contributed by atoms with Crippen molar-refractivity contribution in [1.82, 2.24) is 4.57 Å². The Morgan fingerprint density at radius 2 is 1.81 bits per heavy atom. The molecule has 164 valence electrons. The number of hydrogen-bond acceptors (Lipinski definition) is 7. The van der Waals surface area contributed by atoms with Crippen molar-refractivity contribution in [2.75, 3.05) is 31.3 Å². The van der Waals surface area contributed by atoms with E-state index in [0.717, 1.165) is 10.6 Å². The number of anilines is 1. The van der Waals surface area contributed by atoms with E-state index in [1.807, 2.05) is 0 Å². The summed E-state index contributed by atoms with van der Waals surface area (Å²) in [6, 6.07) is 11.6. The van der Waals surface area contributed by atoms with Gasteiger partial charge in [0.2, 0.25) is 15.9 Å². The lowest BCUT2D eigenvalue weighted by molar-refractivity contribution is -0.116. The van der Waals surface area contributed by atoms with Crippen LogP contribution in [0.2, 0.25) is 0 Å². The van der Waals surface area contributed by atoms with Gasteiger partial charge in [-0.05, 0) is 18.2 Å². The molecule has 1 heterocycles. The highest BCUT2D eigenvalue weighted by molar-refractivity contribution is 7.92. The molecule has 1 N–H and O–H groups in total. The molecule has 0 bridgehead atoms. The lowest BCUT2D eigenvalue weighted by atomic mass is 10.2. The first kappa shape index (κ1) is 22.1. The number of para-hydroxylation sites is 1. The summed E-state index contributed by atoms with van der Waals surface area (Å²) in [4.78, 5) is 12.5. The lowest BCUT2D eigenvalue weighted by Gasteiger charge is -2.21. The van der Waals surface area contributed by atoms with E-state index in [-0.39, 0.29) is 17.3 Å². The van der Waals surface area contributed by atoms with E-state index in [0.29, 0.717) is 22.4 Å². The number of methoxy groups -OCH3 is 2. The Bertz CT molecular complexity index is 1270. The molecule has 11 heteroatoms. The van der Waals surface area contributed by atoms with Crippen LogP contribution >= 0.6 is 0 Å². The highest BCUT2D eigenvalue weighted by Gasteiger charge is 2.23. The van der Waals surface area contributed by atoms with Crippen LogP contribution in [0.25, 0.3) is 10.9 Å². The average Bonchev–Trinajstić information content (AvgIpc) is 2.99. The summed E-state index contributed by atoms with van der Waals surface area (Å²) in [5.74, 6) is -0.245. The Hall–Kier alpha value is -3.60. The van der Waals surface area contributed by atoms with Gasteiger partial charge >= 0.3 is 0 Å². The van der Waals surface area contributed by atoms with E-state index < -0.39 is 22.5 Å². The maximum absolute atomic E-state index is 12.5. The third-order valence-corrected chi connectivity index (χ3v) is 5.79. The Balaban J connectivity index is 1.91. The van der Waals surface area contributed by atoms with Gasteiger partial charge in [-0.3, -0.25) is 9.10 Å². The van der Waals surface area contributed by atoms with E-state index in [4.69, 9.17) is 9.47 Å². The van der Waals surface area contributed by atoms with Crippen LogP contribution < -0.4 is 13.8 Å². The minimum Gasteiger partial charge on any atom is -0.493 e. The van der Waals surface area contributed by atoms with Crippen molar-refractivity contribution in [2.45, 2.75) is 0 Å². The predicted octanol–water partition coefficient (Wildman–Crippen LogP) is 2.98. The second-order valence-corrected chi connectivity index (χ2v) is 8.56. The fourth-order valence-electron chi connectivity index (χ4n) is 3.10. The smallest absolute Gasteiger partial charge is 0.285 e. The minimum atomic E-state index is -3.82. The fraction of sp³-hybridized carbons (Fsp3) is 0.250. The van der Waals surface area contributed by atoms with Crippen molar-refractivity contribution in [1.29, 1.82) is 0 Å². The molecule has 31 heavy (non-hydrogen) atoms. The highest BCUT2D eigenvalue weighted by Crippen LogP contribution is 2.38. The van der Waals surface area contributed by atoms with Gasteiger partial charge in [-0.15, -0.1) is 10.2 Å². The molecule has 0 saturated heterocycles. The van der Waals surface area contributed by atoms with Gasteiger partial charge in [0, 0.05) is 18.5 Å². The fourth-order valence-corrected chi connectivity index (χ4v) is 3.94. The number of carbonyl (C=O) groups excluding carboxylic acids is 1. The minimum absolute atomic E-state index is 0.128. The van der Waals surface area contributed by atoms with E-state index in [9.17, 15) is 18.3 Å². The number of aryl methyl sites for hydroxylation is 1. The first-order valence-corrected chi connectivity index (χ1v) is 10.9. The third-order valence-electron chi connectivity index (χ3n) is 4.65. The summed E-state index contributed by atoms with van der Waals surface area (Å²) < 4.78 is 37.4. The third kappa shape index (κ3) is 4.45. The summed E-state index contributed by atoms with van der Waals surface area (Å²) in [6.45, 7) is -0.580. The standard InChI is InChI=1S/C20H22N4O6S/c1-23-15-8-6-5-7-14(15)19(20(23)26)22-21-18(25)12-24(31(4,27)28)13-9-10-16(29-2)17(11-13)30-3/h5-11,26H,12H2,1-4H3. The van der Waals surface area contributed by atoms with Crippen LogP contribution in [0.4, 0.5) is 11.4 Å². The van der Waals surface area contributed by atoms with Crippen LogP contribution in [0.15, 0.2) is 52.7 Å². The van der Waals surface area contributed by atoms with Gasteiger partial charge in [0.05, 0.1) is 31.7 Å². The van der Waals surface area contributed by atoms with E-state index in [1.165, 1.54) is 37.0 Å². The zero-order chi connectivity index (χ0) is 22.8. The number of benzene rings is 2. The normalized spacial score (nSPS) is 11.7. The lowest BCUT2D eigenvalue weighted by Crippen LogP contribution is -2.34. The molecule has 0 radical (unpaired) electrons. The monoisotopic (exact) mass is 446 g/mol. The Kier molecular flexibility index (Phi) is 6.16. The number of aromatic hydroxyl groups is 1. The van der Waals surface area contributed by atoms with Crippen molar-refractivity contribution < 1.29 is 27.8 Å². The van der Waals surface area contributed by atoms with Gasteiger partial charge in [0.15, 0.2) is 17.2 Å². The number of nitrogens with zero attached hydrogens (tertiary/aromatic N) is 4. The van der Waals surface area contributed by atoms with Crippen molar-refractivity contribution in [2.24, 2.45) is 17.3 Å². The Labute approximate surface area is 179 Å². The van der Waals surface area contributed by atoms with Crippen molar-refractivity contribution in [3.63, 3.8) is 0 Å². The van der Waals surface area contributed by atoms with Crippen molar-refractivity contribution in [3.8, 4) is 17.4 Å². The molecule has 0 unspecified atom stereocenters. The zero-order valence-corrected chi connectivity index (χ0v) is 18.3. The Morgan fingerprint density at radius 1 is 1.13 bits per heavy atom.